The second-order valence-electron chi connectivity index (χ2n) is 3.75. The highest BCUT2D eigenvalue weighted by Crippen LogP contribution is 2.22. The van der Waals surface area contributed by atoms with E-state index in [0.29, 0.717) is 17.1 Å². The monoisotopic (exact) mass is 248 g/mol. The fourth-order valence-electron chi connectivity index (χ4n) is 1.37. The number of rotatable bonds is 5. The van der Waals surface area contributed by atoms with Crippen LogP contribution in [-0.2, 0) is 9.59 Å². The molecule has 5 heteroatoms. The molecule has 0 atom stereocenters. The molecule has 2 amide bonds. The third-order valence-corrected chi connectivity index (χ3v) is 2.05. The molecule has 0 radical (unpaired) electrons. The summed E-state index contributed by atoms with van der Waals surface area (Å²) < 4.78 is 5.09. The van der Waals surface area contributed by atoms with Crippen molar-refractivity contribution in [3.05, 3.63) is 36.5 Å². The highest BCUT2D eigenvalue weighted by molar-refractivity contribution is 6.04. The maximum Gasteiger partial charge on any atom is 0.233 e. The van der Waals surface area contributed by atoms with Crippen LogP contribution in [0.2, 0.25) is 0 Å². The average Bonchev–Trinajstić information content (AvgIpc) is 2.28. The number of nitrogens with one attached hydrogen (secondary N) is 2. The Kier molecular flexibility index (Phi) is 4.92. The van der Waals surface area contributed by atoms with Crippen LogP contribution in [0.25, 0.3) is 0 Å². The maximum absolute atomic E-state index is 11.6. The Morgan fingerprint density at radius 1 is 1.28 bits per heavy atom. The molecule has 1 rings (SSSR count). The summed E-state index contributed by atoms with van der Waals surface area (Å²) >= 11 is 0. The smallest absolute Gasteiger partial charge is 0.233 e. The van der Waals surface area contributed by atoms with Gasteiger partial charge >= 0.3 is 0 Å². The predicted molar refractivity (Wildman–Crippen MR) is 69.2 cm³/mol. The Labute approximate surface area is 106 Å². The van der Waals surface area contributed by atoms with Gasteiger partial charge in [-0.3, -0.25) is 9.59 Å². The number of methoxy groups -OCH3 is 1. The first kappa shape index (κ1) is 13.8. The molecule has 0 aliphatic heterocycles. The van der Waals surface area contributed by atoms with Gasteiger partial charge in [-0.25, -0.2) is 0 Å². The fourth-order valence-corrected chi connectivity index (χ4v) is 1.37. The Bertz CT molecular complexity index is 469. The number of carbonyl (C=O) groups excluding carboxylic acids is 2. The first-order valence-corrected chi connectivity index (χ1v) is 5.41. The van der Waals surface area contributed by atoms with E-state index in [1.54, 1.807) is 31.2 Å². The number of hydrogen-bond donors (Lipinski definition) is 2. The van der Waals surface area contributed by atoms with Gasteiger partial charge in [-0.15, -0.1) is 0 Å². The second kappa shape index (κ2) is 6.44. The van der Waals surface area contributed by atoms with Gasteiger partial charge in [0.05, 0.1) is 12.8 Å². The Hall–Kier alpha value is -2.30. The van der Waals surface area contributed by atoms with Crippen LogP contribution >= 0.6 is 0 Å². The van der Waals surface area contributed by atoms with Crippen molar-refractivity contribution < 1.29 is 14.3 Å². The largest absolute Gasteiger partial charge is 0.495 e. The summed E-state index contributed by atoms with van der Waals surface area (Å²) in [6.45, 7) is 5.18. The van der Waals surface area contributed by atoms with E-state index in [2.05, 4.69) is 17.2 Å². The van der Waals surface area contributed by atoms with E-state index in [0.717, 1.165) is 0 Å². The lowest BCUT2D eigenvalue weighted by atomic mass is 10.2. The van der Waals surface area contributed by atoms with Crippen LogP contribution in [0.1, 0.15) is 13.3 Å². The van der Waals surface area contributed by atoms with Crippen LogP contribution in [0.4, 0.5) is 5.69 Å². The van der Waals surface area contributed by atoms with Crippen LogP contribution in [0, 0.1) is 0 Å². The minimum Gasteiger partial charge on any atom is -0.495 e. The lowest BCUT2D eigenvalue weighted by Crippen LogP contribution is -2.26. The molecule has 0 spiro atoms. The van der Waals surface area contributed by atoms with Crippen LogP contribution in [0.15, 0.2) is 36.5 Å². The second-order valence-corrected chi connectivity index (χ2v) is 3.75. The number of para-hydroxylation sites is 2. The Morgan fingerprint density at radius 3 is 2.56 bits per heavy atom. The molecule has 2 N–H and O–H groups in total. The minimum absolute atomic E-state index is 0.259. The van der Waals surface area contributed by atoms with E-state index in [-0.39, 0.29) is 6.42 Å². The van der Waals surface area contributed by atoms with Crippen molar-refractivity contribution in [3.8, 4) is 5.75 Å². The maximum atomic E-state index is 11.6. The molecule has 0 aliphatic rings. The van der Waals surface area contributed by atoms with Crippen molar-refractivity contribution in [2.24, 2.45) is 0 Å². The Balaban J connectivity index is 2.59. The van der Waals surface area contributed by atoms with Crippen LogP contribution < -0.4 is 15.4 Å². The van der Waals surface area contributed by atoms with Crippen molar-refractivity contribution in [1.82, 2.24) is 5.32 Å². The number of benzene rings is 1. The molecule has 1 aromatic rings. The molecule has 0 saturated heterocycles. The van der Waals surface area contributed by atoms with Crippen LogP contribution in [0.5, 0.6) is 5.75 Å². The topological polar surface area (TPSA) is 67.4 Å². The van der Waals surface area contributed by atoms with Crippen LogP contribution in [0.3, 0.4) is 0 Å². The van der Waals surface area contributed by atoms with Crippen molar-refractivity contribution in [1.29, 1.82) is 0 Å². The first-order chi connectivity index (χ1) is 8.52. The molecule has 0 unspecified atom stereocenters. The predicted octanol–water partition coefficient (Wildman–Crippen LogP) is 1.67. The molecule has 18 heavy (non-hydrogen) atoms. The molecule has 96 valence electrons. The molecule has 0 aliphatic carbocycles. The number of anilines is 1. The lowest BCUT2D eigenvalue weighted by molar-refractivity contribution is -0.126. The zero-order valence-corrected chi connectivity index (χ0v) is 10.4. The minimum atomic E-state index is -0.404. The zero-order valence-electron chi connectivity index (χ0n) is 10.4. The van der Waals surface area contributed by atoms with Gasteiger partial charge in [0.2, 0.25) is 11.8 Å². The van der Waals surface area contributed by atoms with Gasteiger partial charge in [-0.1, -0.05) is 18.7 Å². The molecule has 0 bridgehead atoms. The fraction of sp³-hybridized carbons (Fsp3) is 0.231. The summed E-state index contributed by atoms with van der Waals surface area (Å²) in [5, 5.41) is 5.07. The summed E-state index contributed by atoms with van der Waals surface area (Å²) in [4.78, 5) is 23.0. The molecule has 1 aromatic carbocycles. The normalized spacial score (nSPS) is 9.44. The van der Waals surface area contributed by atoms with Gasteiger partial charge in [0.25, 0.3) is 0 Å². The first-order valence-electron chi connectivity index (χ1n) is 5.41. The summed E-state index contributed by atoms with van der Waals surface area (Å²) in [6, 6.07) is 6.99. The quantitative estimate of drug-likeness (QED) is 0.779. The van der Waals surface area contributed by atoms with E-state index in [4.69, 9.17) is 4.74 Å². The van der Waals surface area contributed by atoms with Gasteiger partial charge in [0.1, 0.15) is 12.2 Å². The van der Waals surface area contributed by atoms with Gasteiger partial charge in [-0.2, -0.15) is 0 Å². The molecular formula is C13H16N2O3. The van der Waals surface area contributed by atoms with E-state index >= 15 is 0 Å². The third-order valence-electron chi connectivity index (χ3n) is 2.05. The van der Waals surface area contributed by atoms with Crippen molar-refractivity contribution in [2.45, 2.75) is 13.3 Å². The van der Waals surface area contributed by atoms with E-state index in [1.165, 1.54) is 7.11 Å². The Morgan fingerprint density at radius 2 is 1.94 bits per heavy atom. The standard InChI is InChI=1S/C13H16N2O3/c1-9(2)14-12(16)8-13(17)15-10-6-4-5-7-11(10)18-3/h4-7H,1,8H2,2-3H3,(H,14,16)(H,15,17). The number of amides is 2. The summed E-state index contributed by atoms with van der Waals surface area (Å²) in [5.74, 6) is -0.251. The number of ether oxygens (including phenoxy) is 1. The SMILES string of the molecule is C=C(C)NC(=O)CC(=O)Nc1ccccc1OC. The third kappa shape index (κ3) is 4.29. The van der Waals surface area contributed by atoms with Crippen molar-refractivity contribution in [2.75, 3.05) is 12.4 Å². The van der Waals surface area contributed by atoms with Crippen molar-refractivity contribution in [3.63, 3.8) is 0 Å². The molecule has 0 aromatic heterocycles. The zero-order chi connectivity index (χ0) is 13.5. The summed E-state index contributed by atoms with van der Waals surface area (Å²) in [7, 11) is 1.51. The number of carbonyl (C=O) groups is 2. The molecular weight excluding hydrogens is 232 g/mol. The summed E-state index contributed by atoms with van der Waals surface area (Å²) in [5.41, 5.74) is 1.04. The highest BCUT2D eigenvalue weighted by Gasteiger charge is 2.11. The van der Waals surface area contributed by atoms with E-state index in [9.17, 15) is 9.59 Å². The van der Waals surface area contributed by atoms with Gasteiger partial charge in [0, 0.05) is 5.70 Å². The van der Waals surface area contributed by atoms with Gasteiger partial charge in [-0.05, 0) is 19.1 Å². The van der Waals surface area contributed by atoms with Gasteiger partial charge in [0.15, 0.2) is 0 Å². The number of allylic oxidation sites excluding steroid dienone is 1. The molecule has 0 heterocycles. The van der Waals surface area contributed by atoms with E-state index < -0.39 is 11.8 Å². The molecule has 0 fully saturated rings. The number of hydrogen-bond acceptors (Lipinski definition) is 3. The van der Waals surface area contributed by atoms with Crippen molar-refractivity contribution >= 4 is 17.5 Å². The molecule has 5 nitrogen and oxygen atoms in total. The molecule has 0 saturated carbocycles. The average molecular weight is 248 g/mol. The van der Waals surface area contributed by atoms with E-state index in [1.807, 2.05) is 0 Å². The summed E-state index contributed by atoms with van der Waals surface area (Å²) in [6.07, 6.45) is -0.259. The van der Waals surface area contributed by atoms with Gasteiger partial charge < -0.3 is 15.4 Å². The highest BCUT2D eigenvalue weighted by atomic mass is 16.5. The lowest BCUT2D eigenvalue weighted by Gasteiger charge is -2.09. The van der Waals surface area contributed by atoms with Crippen LogP contribution in [-0.4, -0.2) is 18.9 Å².